The maximum Gasteiger partial charge on any atom is 0.236 e. The number of aromatic nitrogens is 1. The zero-order valence-electron chi connectivity index (χ0n) is 8.97. The van der Waals surface area contributed by atoms with Crippen LogP contribution < -0.4 is 9.64 Å². The van der Waals surface area contributed by atoms with E-state index < -0.39 is 0 Å². The topological polar surface area (TPSA) is 59.5 Å². The van der Waals surface area contributed by atoms with E-state index in [1.165, 1.54) is 4.90 Å². The highest BCUT2D eigenvalue weighted by molar-refractivity contribution is 6.14. The molecule has 1 amide bonds. The minimum atomic E-state index is -0.203. The summed E-state index contributed by atoms with van der Waals surface area (Å²) in [7, 11) is 0. The Morgan fingerprint density at radius 1 is 1.50 bits per heavy atom. The zero-order chi connectivity index (χ0) is 11.5. The van der Waals surface area contributed by atoms with Crippen LogP contribution in [0.5, 0.6) is 5.75 Å². The first-order valence-electron chi connectivity index (χ1n) is 5.11. The second-order valence-electron chi connectivity index (χ2n) is 3.48. The smallest absolute Gasteiger partial charge is 0.236 e. The van der Waals surface area contributed by atoms with Gasteiger partial charge in [-0.05, 0) is 13.0 Å². The molecule has 2 rings (SSSR count). The Morgan fingerprint density at radius 3 is 2.94 bits per heavy atom. The van der Waals surface area contributed by atoms with Crippen LogP contribution in [0.1, 0.15) is 13.3 Å². The number of hydrogen-bond donors (Lipinski definition) is 0. The number of carbonyl (C=O) groups excluding carboxylic acids is 2. The van der Waals surface area contributed by atoms with E-state index in [2.05, 4.69) is 4.98 Å². The fraction of sp³-hybridized carbons (Fsp3) is 0.364. The van der Waals surface area contributed by atoms with Gasteiger partial charge < -0.3 is 4.74 Å². The molecule has 0 aromatic carbocycles. The Kier molecular flexibility index (Phi) is 2.85. The molecular formula is C11H12N2O3. The van der Waals surface area contributed by atoms with E-state index in [4.69, 9.17) is 4.74 Å². The summed E-state index contributed by atoms with van der Waals surface area (Å²) in [6, 6.07) is 3.38. The van der Waals surface area contributed by atoms with E-state index in [1.54, 1.807) is 18.3 Å². The minimum absolute atomic E-state index is 0.0272. The first-order valence-corrected chi connectivity index (χ1v) is 5.11. The summed E-state index contributed by atoms with van der Waals surface area (Å²) in [6.45, 7) is 2.54. The van der Waals surface area contributed by atoms with E-state index in [9.17, 15) is 9.59 Å². The predicted molar refractivity (Wildman–Crippen MR) is 57.4 cm³/mol. The molecule has 0 radical (unpaired) electrons. The van der Waals surface area contributed by atoms with Crippen molar-refractivity contribution in [2.45, 2.75) is 13.3 Å². The predicted octanol–water partition coefficient (Wildman–Crippen LogP) is 0.786. The third-order valence-electron chi connectivity index (χ3n) is 2.29. The lowest BCUT2D eigenvalue weighted by molar-refractivity contribution is -0.121. The van der Waals surface area contributed by atoms with Gasteiger partial charge in [-0.3, -0.25) is 14.5 Å². The molecule has 0 aliphatic carbocycles. The van der Waals surface area contributed by atoms with Gasteiger partial charge in [0.05, 0.1) is 19.6 Å². The van der Waals surface area contributed by atoms with Gasteiger partial charge in [-0.1, -0.05) is 0 Å². The van der Waals surface area contributed by atoms with Crippen LogP contribution in [-0.2, 0) is 9.59 Å². The number of hydrogen-bond acceptors (Lipinski definition) is 4. The van der Waals surface area contributed by atoms with Gasteiger partial charge in [0, 0.05) is 12.3 Å². The van der Waals surface area contributed by atoms with Gasteiger partial charge in [-0.2, -0.15) is 0 Å². The average molecular weight is 220 g/mol. The monoisotopic (exact) mass is 220 g/mol. The average Bonchev–Trinajstić information content (AvgIpc) is 2.59. The van der Waals surface area contributed by atoms with E-state index in [0.717, 1.165) is 0 Å². The SMILES string of the molecule is CCOc1ccnc(N2CC(=O)CC2=O)c1. The van der Waals surface area contributed by atoms with Crippen LogP contribution >= 0.6 is 0 Å². The van der Waals surface area contributed by atoms with E-state index in [1.807, 2.05) is 6.92 Å². The molecule has 0 bridgehead atoms. The van der Waals surface area contributed by atoms with Crippen molar-refractivity contribution >= 4 is 17.5 Å². The third-order valence-corrected chi connectivity index (χ3v) is 2.29. The maximum atomic E-state index is 11.5. The number of amides is 1. The number of anilines is 1. The summed E-state index contributed by atoms with van der Waals surface area (Å²) in [5.41, 5.74) is 0. The second-order valence-corrected chi connectivity index (χ2v) is 3.48. The molecule has 1 aliphatic heterocycles. The van der Waals surface area contributed by atoms with Crippen LogP contribution in [-0.4, -0.2) is 29.8 Å². The lowest BCUT2D eigenvalue weighted by atomic mass is 10.3. The zero-order valence-corrected chi connectivity index (χ0v) is 8.97. The van der Waals surface area contributed by atoms with E-state index >= 15 is 0 Å². The van der Waals surface area contributed by atoms with Gasteiger partial charge >= 0.3 is 0 Å². The maximum absolute atomic E-state index is 11.5. The molecule has 1 aliphatic rings. The largest absolute Gasteiger partial charge is 0.494 e. The molecule has 0 spiro atoms. The Hall–Kier alpha value is -1.91. The molecule has 0 atom stereocenters. The first kappa shape index (κ1) is 10.6. The molecule has 0 N–H and O–H groups in total. The molecular weight excluding hydrogens is 208 g/mol. The van der Waals surface area contributed by atoms with Crippen molar-refractivity contribution in [3.8, 4) is 5.75 Å². The van der Waals surface area contributed by atoms with Crippen molar-refractivity contribution in [1.29, 1.82) is 0 Å². The fourth-order valence-electron chi connectivity index (χ4n) is 1.60. The lowest BCUT2D eigenvalue weighted by Crippen LogP contribution is -2.25. The van der Waals surface area contributed by atoms with Gasteiger partial charge in [0.25, 0.3) is 0 Å². The quantitative estimate of drug-likeness (QED) is 0.706. The summed E-state index contributed by atoms with van der Waals surface area (Å²) < 4.78 is 5.31. The molecule has 2 heterocycles. The molecule has 0 saturated carbocycles. The van der Waals surface area contributed by atoms with Crippen molar-refractivity contribution < 1.29 is 14.3 Å². The normalized spacial score (nSPS) is 15.7. The summed E-state index contributed by atoms with van der Waals surface area (Å²) >= 11 is 0. The molecule has 5 nitrogen and oxygen atoms in total. The van der Waals surface area contributed by atoms with Crippen LogP contribution in [0.15, 0.2) is 18.3 Å². The third kappa shape index (κ3) is 2.03. The molecule has 1 saturated heterocycles. The number of ether oxygens (including phenoxy) is 1. The Labute approximate surface area is 93.0 Å². The standard InChI is InChI=1S/C11H12N2O3/c1-2-16-9-3-4-12-10(6-9)13-7-8(14)5-11(13)15/h3-4,6H,2,5,7H2,1H3. The number of pyridine rings is 1. The number of rotatable bonds is 3. The van der Waals surface area contributed by atoms with Crippen LogP contribution in [0, 0.1) is 0 Å². The van der Waals surface area contributed by atoms with Gasteiger partial charge in [0.2, 0.25) is 5.91 Å². The minimum Gasteiger partial charge on any atom is -0.494 e. The van der Waals surface area contributed by atoms with E-state index in [-0.39, 0.29) is 24.7 Å². The van der Waals surface area contributed by atoms with Gasteiger partial charge in [0.15, 0.2) is 5.78 Å². The number of ketones is 1. The second kappa shape index (κ2) is 4.30. The van der Waals surface area contributed by atoms with Crippen LogP contribution in [0.25, 0.3) is 0 Å². The van der Waals surface area contributed by atoms with Gasteiger partial charge in [0.1, 0.15) is 11.6 Å². The van der Waals surface area contributed by atoms with Crippen molar-refractivity contribution in [1.82, 2.24) is 4.98 Å². The molecule has 5 heteroatoms. The Bertz CT molecular complexity index is 431. The molecule has 16 heavy (non-hydrogen) atoms. The van der Waals surface area contributed by atoms with Crippen molar-refractivity contribution in [2.75, 3.05) is 18.1 Å². The van der Waals surface area contributed by atoms with Crippen molar-refractivity contribution in [2.24, 2.45) is 0 Å². The summed E-state index contributed by atoms with van der Waals surface area (Å²) in [6.07, 6.45) is 1.54. The van der Waals surface area contributed by atoms with E-state index in [0.29, 0.717) is 18.2 Å². The highest BCUT2D eigenvalue weighted by Crippen LogP contribution is 2.21. The van der Waals surface area contributed by atoms with Crippen LogP contribution in [0.2, 0.25) is 0 Å². The molecule has 84 valence electrons. The molecule has 1 fully saturated rings. The molecule has 1 aromatic rings. The summed E-state index contributed by atoms with van der Waals surface area (Å²) in [5.74, 6) is 0.848. The van der Waals surface area contributed by atoms with Crippen LogP contribution in [0.4, 0.5) is 5.82 Å². The van der Waals surface area contributed by atoms with Crippen molar-refractivity contribution in [3.05, 3.63) is 18.3 Å². The first-order chi connectivity index (χ1) is 7.70. The summed E-state index contributed by atoms with van der Waals surface area (Å²) in [5, 5.41) is 0. The Balaban J connectivity index is 2.23. The highest BCUT2D eigenvalue weighted by atomic mass is 16.5. The fourth-order valence-corrected chi connectivity index (χ4v) is 1.60. The highest BCUT2D eigenvalue weighted by Gasteiger charge is 2.29. The molecule has 1 aromatic heterocycles. The Morgan fingerprint density at radius 2 is 2.31 bits per heavy atom. The lowest BCUT2D eigenvalue weighted by Gasteiger charge is -2.14. The number of carbonyl (C=O) groups is 2. The summed E-state index contributed by atoms with van der Waals surface area (Å²) in [4.78, 5) is 28.0. The van der Waals surface area contributed by atoms with Gasteiger partial charge in [-0.15, -0.1) is 0 Å². The number of nitrogens with zero attached hydrogens (tertiary/aromatic N) is 2. The van der Waals surface area contributed by atoms with Crippen molar-refractivity contribution in [3.63, 3.8) is 0 Å². The van der Waals surface area contributed by atoms with Gasteiger partial charge in [-0.25, -0.2) is 4.98 Å². The number of Topliss-reactive ketones (excluding diaryl/α,β-unsaturated/α-hetero) is 1. The van der Waals surface area contributed by atoms with Crippen LogP contribution in [0.3, 0.4) is 0 Å². The molecule has 0 unspecified atom stereocenters.